The van der Waals surface area contributed by atoms with Crippen LogP contribution in [-0.2, 0) is 13.0 Å². The van der Waals surface area contributed by atoms with Gasteiger partial charge in [-0.2, -0.15) is 0 Å². The van der Waals surface area contributed by atoms with Crippen molar-refractivity contribution in [3.63, 3.8) is 0 Å². The molecule has 1 saturated carbocycles. The van der Waals surface area contributed by atoms with Crippen molar-refractivity contribution in [3.05, 3.63) is 29.3 Å². The van der Waals surface area contributed by atoms with Crippen LogP contribution in [-0.4, -0.2) is 13.1 Å². The monoisotopic (exact) mass is 216 g/mol. The van der Waals surface area contributed by atoms with Crippen LogP contribution in [0.15, 0.2) is 18.2 Å². The van der Waals surface area contributed by atoms with Crippen LogP contribution in [0.25, 0.3) is 0 Å². The molecule has 86 valence electrons. The SMILES string of the molecule is CC1(CNCc2ccc3c(c2)CCN3)CC1. The van der Waals surface area contributed by atoms with Crippen molar-refractivity contribution in [1.29, 1.82) is 0 Å². The molecule has 0 spiro atoms. The Morgan fingerprint density at radius 3 is 3.06 bits per heavy atom. The van der Waals surface area contributed by atoms with Crippen LogP contribution < -0.4 is 10.6 Å². The lowest BCUT2D eigenvalue weighted by molar-refractivity contribution is 0.499. The van der Waals surface area contributed by atoms with Crippen molar-refractivity contribution in [3.8, 4) is 0 Å². The van der Waals surface area contributed by atoms with E-state index in [2.05, 4.69) is 35.8 Å². The third kappa shape index (κ3) is 2.07. The number of anilines is 1. The Labute approximate surface area is 97.4 Å². The largest absolute Gasteiger partial charge is 0.384 e. The van der Waals surface area contributed by atoms with Crippen LogP contribution in [0.4, 0.5) is 5.69 Å². The fourth-order valence-corrected chi connectivity index (χ4v) is 2.37. The van der Waals surface area contributed by atoms with Gasteiger partial charge in [0.05, 0.1) is 0 Å². The smallest absolute Gasteiger partial charge is 0.0373 e. The summed E-state index contributed by atoms with van der Waals surface area (Å²) >= 11 is 0. The third-order valence-electron chi connectivity index (χ3n) is 3.86. The summed E-state index contributed by atoms with van der Waals surface area (Å²) in [4.78, 5) is 0. The summed E-state index contributed by atoms with van der Waals surface area (Å²) in [7, 11) is 0. The van der Waals surface area contributed by atoms with Gasteiger partial charge in [0.2, 0.25) is 0 Å². The minimum Gasteiger partial charge on any atom is -0.384 e. The van der Waals surface area contributed by atoms with Crippen LogP contribution >= 0.6 is 0 Å². The zero-order valence-electron chi connectivity index (χ0n) is 9.97. The second kappa shape index (κ2) is 3.77. The van der Waals surface area contributed by atoms with E-state index in [-0.39, 0.29) is 0 Å². The molecule has 2 N–H and O–H groups in total. The van der Waals surface area contributed by atoms with E-state index in [0.29, 0.717) is 5.41 Å². The lowest BCUT2D eigenvalue weighted by Gasteiger charge is -2.10. The number of nitrogens with one attached hydrogen (secondary N) is 2. The van der Waals surface area contributed by atoms with Crippen LogP contribution in [0.5, 0.6) is 0 Å². The Morgan fingerprint density at radius 1 is 1.38 bits per heavy atom. The minimum absolute atomic E-state index is 0.609. The molecule has 2 nitrogen and oxygen atoms in total. The minimum atomic E-state index is 0.609. The topological polar surface area (TPSA) is 24.1 Å². The van der Waals surface area contributed by atoms with Crippen molar-refractivity contribution in [2.45, 2.75) is 32.7 Å². The highest BCUT2D eigenvalue weighted by molar-refractivity contribution is 5.56. The Kier molecular flexibility index (Phi) is 2.40. The molecule has 1 heterocycles. The molecule has 0 amide bonds. The van der Waals surface area contributed by atoms with E-state index in [9.17, 15) is 0 Å². The fourth-order valence-electron chi connectivity index (χ4n) is 2.37. The van der Waals surface area contributed by atoms with Crippen LogP contribution in [0.3, 0.4) is 0 Å². The van der Waals surface area contributed by atoms with Gasteiger partial charge in [-0.05, 0) is 41.9 Å². The van der Waals surface area contributed by atoms with Crippen molar-refractivity contribution in [2.24, 2.45) is 5.41 Å². The van der Waals surface area contributed by atoms with Crippen molar-refractivity contribution < 1.29 is 0 Å². The molecule has 1 aromatic rings. The van der Waals surface area contributed by atoms with Gasteiger partial charge in [-0.3, -0.25) is 0 Å². The molecule has 1 aliphatic carbocycles. The first-order valence-corrected chi connectivity index (χ1v) is 6.32. The Hall–Kier alpha value is -1.02. The second-order valence-corrected chi connectivity index (χ2v) is 5.58. The molecule has 16 heavy (non-hydrogen) atoms. The molecule has 2 aliphatic rings. The summed E-state index contributed by atoms with van der Waals surface area (Å²) in [5.74, 6) is 0. The molecule has 0 atom stereocenters. The number of hydrogen-bond acceptors (Lipinski definition) is 2. The van der Waals surface area contributed by atoms with Gasteiger partial charge in [0.1, 0.15) is 0 Å². The lowest BCUT2D eigenvalue weighted by atomic mass is 10.1. The first kappa shape index (κ1) is 10.2. The molecular formula is C14H20N2. The molecule has 2 heteroatoms. The second-order valence-electron chi connectivity index (χ2n) is 5.58. The van der Waals surface area contributed by atoms with Gasteiger partial charge in [0.15, 0.2) is 0 Å². The summed E-state index contributed by atoms with van der Waals surface area (Å²) in [5.41, 5.74) is 4.85. The average molecular weight is 216 g/mol. The number of benzene rings is 1. The van der Waals surface area contributed by atoms with E-state index in [1.54, 1.807) is 0 Å². The van der Waals surface area contributed by atoms with Crippen molar-refractivity contribution >= 4 is 5.69 Å². The number of hydrogen-bond donors (Lipinski definition) is 2. The van der Waals surface area contributed by atoms with Gasteiger partial charge < -0.3 is 10.6 Å². The van der Waals surface area contributed by atoms with Gasteiger partial charge >= 0.3 is 0 Å². The van der Waals surface area contributed by atoms with Gasteiger partial charge in [0, 0.05) is 25.3 Å². The van der Waals surface area contributed by atoms with Crippen LogP contribution in [0.1, 0.15) is 30.9 Å². The van der Waals surface area contributed by atoms with E-state index in [0.717, 1.165) is 13.1 Å². The zero-order chi connectivity index (χ0) is 11.0. The molecule has 0 bridgehead atoms. The quantitative estimate of drug-likeness (QED) is 0.808. The highest BCUT2D eigenvalue weighted by Gasteiger charge is 2.36. The molecule has 1 aromatic carbocycles. The molecule has 0 aromatic heterocycles. The molecule has 1 aliphatic heterocycles. The molecule has 1 fully saturated rings. The molecular weight excluding hydrogens is 196 g/mol. The third-order valence-corrected chi connectivity index (χ3v) is 3.86. The molecule has 0 radical (unpaired) electrons. The number of rotatable bonds is 4. The van der Waals surface area contributed by atoms with Crippen LogP contribution in [0.2, 0.25) is 0 Å². The molecule has 0 unspecified atom stereocenters. The Morgan fingerprint density at radius 2 is 2.25 bits per heavy atom. The van der Waals surface area contributed by atoms with Crippen LogP contribution in [0, 0.1) is 5.41 Å². The van der Waals surface area contributed by atoms with Crippen molar-refractivity contribution in [2.75, 3.05) is 18.4 Å². The predicted molar refractivity (Wildman–Crippen MR) is 67.7 cm³/mol. The first-order chi connectivity index (χ1) is 7.75. The predicted octanol–water partition coefficient (Wildman–Crippen LogP) is 2.54. The lowest BCUT2D eigenvalue weighted by Crippen LogP contribution is -2.21. The normalized spacial score (nSPS) is 20.3. The van der Waals surface area contributed by atoms with Gasteiger partial charge in [-0.15, -0.1) is 0 Å². The molecule has 0 saturated heterocycles. The average Bonchev–Trinajstić information content (AvgIpc) is 2.84. The fraction of sp³-hybridized carbons (Fsp3) is 0.571. The van der Waals surface area contributed by atoms with Crippen molar-refractivity contribution in [1.82, 2.24) is 5.32 Å². The van der Waals surface area contributed by atoms with E-state index in [1.807, 2.05) is 0 Å². The van der Waals surface area contributed by atoms with E-state index < -0.39 is 0 Å². The maximum Gasteiger partial charge on any atom is 0.0373 e. The molecule has 3 rings (SSSR count). The summed E-state index contributed by atoms with van der Waals surface area (Å²) in [6.07, 6.45) is 3.98. The zero-order valence-corrected chi connectivity index (χ0v) is 9.97. The Bertz CT molecular complexity index is 394. The summed E-state index contributed by atoms with van der Waals surface area (Å²) in [6.45, 7) is 5.65. The van der Waals surface area contributed by atoms with E-state index in [4.69, 9.17) is 0 Å². The Balaban J connectivity index is 1.58. The standard InChI is InChI=1S/C14H20N2/c1-14(5-6-14)10-15-9-11-2-3-13-12(8-11)4-7-16-13/h2-3,8,15-16H,4-7,9-10H2,1H3. The highest BCUT2D eigenvalue weighted by atomic mass is 14.9. The van der Waals surface area contributed by atoms with E-state index >= 15 is 0 Å². The first-order valence-electron chi connectivity index (χ1n) is 6.32. The summed E-state index contributed by atoms with van der Waals surface area (Å²) < 4.78 is 0. The van der Waals surface area contributed by atoms with Gasteiger partial charge in [0.25, 0.3) is 0 Å². The van der Waals surface area contributed by atoms with Gasteiger partial charge in [-0.1, -0.05) is 19.1 Å². The van der Waals surface area contributed by atoms with E-state index in [1.165, 1.54) is 42.6 Å². The summed E-state index contributed by atoms with van der Waals surface area (Å²) in [6, 6.07) is 6.80. The highest BCUT2D eigenvalue weighted by Crippen LogP contribution is 2.44. The maximum absolute atomic E-state index is 3.57. The number of fused-ring (bicyclic) bond motifs is 1. The summed E-state index contributed by atoms with van der Waals surface area (Å²) in [5, 5.41) is 6.97. The maximum atomic E-state index is 3.57. The van der Waals surface area contributed by atoms with Gasteiger partial charge in [-0.25, -0.2) is 0 Å².